The van der Waals surface area contributed by atoms with Crippen LogP contribution >= 0.6 is 47.8 Å². The highest BCUT2D eigenvalue weighted by molar-refractivity contribution is 9.24. The quantitative estimate of drug-likeness (QED) is 0.344. The smallest absolute Gasteiger partial charge is 0.308 e. The van der Waals surface area contributed by atoms with Gasteiger partial charge >= 0.3 is 5.97 Å². The lowest BCUT2D eigenvalue weighted by Gasteiger charge is -2.17. The van der Waals surface area contributed by atoms with Gasteiger partial charge in [-0.25, -0.2) is 0 Å². The van der Waals surface area contributed by atoms with Crippen LogP contribution in [0.3, 0.4) is 0 Å². The summed E-state index contributed by atoms with van der Waals surface area (Å²) in [7, 11) is 3.04. The van der Waals surface area contributed by atoms with E-state index in [1.165, 1.54) is 21.1 Å². The van der Waals surface area contributed by atoms with E-state index in [0.29, 0.717) is 17.2 Å². The highest BCUT2D eigenvalue weighted by atomic mass is 79.9. The summed E-state index contributed by atoms with van der Waals surface area (Å²) in [5.41, 5.74) is 0.971. The van der Waals surface area contributed by atoms with Crippen molar-refractivity contribution in [2.24, 2.45) is 0 Å². The Balaban J connectivity index is 3.21. The molecule has 1 rings (SSSR count). The lowest BCUT2D eigenvalue weighted by atomic mass is 10.1. The fraction of sp³-hybridized carbons (Fsp3) is 0.462. The van der Waals surface area contributed by atoms with E-state index in [4.69, 9.17) is 14.2 Å². The van der Waals surface area contributed by atoms with Crippen LogP contribution in [0.15, 0.2) is 12.1 Å². The molecule has 112 valence electrons. The summed E-state index contributed by atoms with van der Waals surface area (Å²) in [5.74, 6) is 0.783. The summed E-state index contributed by atoms with van der Waals surface area (Å²) < 4.78 is 15.9. The third-order valence-corrected chi connectivity index (χ3v) is 4.13. The van der Waals surface area contributed by atoms with Crippen molar-refractivity contribution in [3.63, 3.8) is 0 Å². The molecule has 7 heteroatoms. The molecule has 1 aromatic rings. The summed E-state index contributed by atoms with van der Waals surface area (Å²) in [6, 6.07) is 3.64. The molecule has 1 aromatic carbocycles. The Morgan fingerprint density at radius 3 is 2.00 bits per heavy atom. The number of carbonyl (C=O) groups is 1. The normalized spacial score (nSPS) is 12.2. The van der Waals surface area contributed by atoms with Crippen LogP contribution in [0.25, 0.3) is 0 Å². The SMILES string of the molecule is COc1cc(C(Br)CC(Br)Br)cc(OC)c1OC(C)=O. The molecule has 0 radical (unpaired) electrons. The van der Waals surface area contributed by atoms with Crippen molar-refractivity contribution in [2.75, 3.05) is 14.2 Å². The summed E-state index contributed by atoms with van der Waals surface area (Å²) >= 11 is 10.5. The van der Waals surface area contributed by atoms with Gasteiger partial charge in [0.25, 0.3) is 0 Å². The van der Waals surface area contributed by atoms with E-state index < -0.39 is 5.97 Å². The van der Waals surface area contributed by atoms with E-state index in [1.807, 2.05) is 12.1 Å². The van der Waals surface area contributed by atoms with E-state index in [2.05, 4.69) is 47.8 Å². The van der Waals surface area contributed by atoms with Crippen LogP contribution < -0.4 is 14.2 Å². The lowest BCUT2D eigenvalue weighted by Crippen LogP contribution is -2.06. The van der Waals surface area contributed by atoms with Crippen LogP contribution in [0.1, 0.15) is 23.7 Å². The number of alkyl halides is 3. The van der Waals surface area contributed by atoms with Crippen LogP contribution in [0, 0.1) is 0 Å². The molecule has 0 saturated carbocycles. The molecule has 0 aliphatic rings. The van der Waals surface area contributed by atoms with Crippen molar-refractivity contribution in [3.8, 4) is 17.2 Å². The number of ether oxygens (including phenoxy) is 3. The molecule has 1 unspecified atom stereocenters. The van der Waals surface area contributed by atoms with E-state index in [-0.39, 0.29) is 8.56 Å². The zero-order valence-electron chi connectivity index (χ0n) is 11.3. The number of hydrogen-bond donors (Lipinski definition) is 0. The van der Waals surface area contributed by atoms with Crippen LogP contribution in [-0.2, 0) is 4.79 Å². The third-order valence-electron chi connectivity index (χ3n) is 2.48. The van der Waals surface area contributed by atoms with Crippen molar-refractivity contribution in [3.05, 3.63) is 17.7 Å². The molecule has 0 amide bonds. The Kier molecular flexibility index (Phi) is 7.33. The molecule has 4 nitrogen and oxygen atoms in total. The Labute approximate surface area is 143 Å². The minimum atomic E-state index is -0.425. The standard InChI is InChI=1S/C13H15Br3O4/c1-7(17)20-13-10(18-2)4-8(5-11(13)19-3)9(14)6-12(15)16/h4-5,9,12H,6H2,1-3H3. The Morgan fingerprint density at radius 2 is 1.65 bits per heavy atom. The van der Waals surface area contributed by atoms with Crippen molar-refractivity contribution in [2.45, 2.75) is 21.9 Å². The number of benzene rings is 1. The maximum Gasteiger partial charge on any atom is 0.308 e. The van der Waals surface area contributed by atoms with Gasteiger partial charge in [-0.2, -0.15) is 0 Å². The number of carbonyl (C=O) groups excluding carboxylic acids is 1. The second-order valence-corrected chi connectivity index (χ2v) is 8.49. The van der Waals surface area contributed by atoms with Crippen LogP contribution in [0.2, 0.25) is 0 Å². The molecule has 0 saturated heterocycles. The summed E-state index contributed by atoms with van der Waals surface area (Å²) in [5, 5.41) is 0. The summed E-state index contributed by atoms with van der Waals surface area (Å²) in [6.07, 6.45) is 0.819. The molecule has 0 bridgehead atoms. The van der Waals surface area contributed by atoms with Crippen molar-refractivity contribution in [1.29, 1.82) is 0 Å². The van der Waals surface area contributed by atoms with Crippen LogP contribution in [-0.4, -0.2) is 23.9 Å². The molecule has 0 aliphatic carbocycles. The summed E-state index contributed by atoms with van der Waals surface area (Å²) in [4.78, 5) is 11.3. The molecular weight excluding hydrogens is 460 g/mol. The van der Waals surface area contributed by atoms with Crippen molar-refractivity contribution in [1.82, 2.24) is 0 Å². The third kappa shape index (κ3) is 4.93. The second kappa shape index (κ2) is 8.24. The number of esters is 1. The highest BCUT2D eigenvalue weighted by Crippen LogP contribution is 2.43. The first-order valence-corrected chi connectivity index (χ1v) is 8.50. The monoisotopic (exact) mass is 472 g/mol. The molecule has 0 spiro atoms. The van der Waals surface area contributed by atoms with Crippen LogP contribution in [0.5, 0.6) is 17.2 Å². The minimum absolute atomic E-state index is 0.0976. The molecule has 0 aliphatic heterocycles. The predicted molar refractivity (Wildman–Crippen MR) is 88.8 cm³/mol. The highest BCUT2D eigenvalue weighted by Gasteiger charge is 2.20. The Morgan fingerprint density at radius 1 is 1.15 bits per heavy atom. The molecule has 0 aromatic heterocycles. The van der Waals surface area contributed by atoms with Gasteiger partial charge in [-0.1, -0.05) is 47.8 Å². The topological polar surface area (TPSA) is 44.8 Å². The zero-order valence-corrected chi connectivity index (χ0v) is 16.0. The second-order valence-electron chi connectivity index (χ2n) is 3.94. The van der Waals surface area contributed by atoms with E-state index in [9.17, 15) is 4.79 Å². The average molecular weight is 475 g/mol. The van der Waals surface area contributed by atoms with E-state index in [0.717, 1.165) is 12.0 Å². The number of halogens is 3. The molecule has 0 heterocycles. The van der Waals surface area contributed by atoms with Gasteiger partial charge in [-0.15, -0.1) is 0 Å². The molecule has 0 fully saturated rings. The van der Waals surface area contributed by atoms with Gasteiger partial charge in [0, 0.05) is 11.8 Å². The molecule has 1 atom stereocenters. The summed E-state index contributed by atoms with van der Waals surface area (Å²) in [6.45, 7) is 1.33. The Bertz CT molecular complexity index is 452. The maximum atomic E-state index is 11.2. The largest absolute Gasteiger partial charge is 0.493 e. The van der Waals surface area contributed by atoms with Gasteiger partial charge in [-0.05, 0) is 24.1 Å². The average Bonchev–Trinajstić information content (AvgIpc) is 2.37. The van der Waals surface area contributed by atoms with Crippen molar-refractivity contribution < 1.29 is 19.0 Å². The Hall–Kier alpha value is -0.270. The van der Waals surface area contributed by atoms with Gasteiger partial charge in [0.1, 0.15) is 0 Å². The fourth-order valence-electron chi connectivity index (χ4n) is 1.62. The first kappa shape index (κ1) is 17.8. The molecular formula is C13H15Br3O4. The molecule has 20 heavy (non-hydrogen) atoms. The van der Waals surface area contributed by atoms with Gasteiger partial charge in [-0.3, -0.25) is 4.79 Å². The molecule has 0 N–H and O–H groups in total. The van der Waals surface area contributed by atoms with Gasteiger partial charge in [0.2, 0.25) is 5.75 Å². The fourth-order valence-corrected chi connectivity index (χ4v) is 4.01. The number of rotatable bonds is 6. The van der Waals surface area contributed by atoms with Crippen molar-refractivity contribution >= 4 is 53.8 Å². The van der Waals surface area contributed by atoms with E-state index >= 15 is 0 Å². The van der Waals surface area contributed by atoms with E-state index in [1.54, 1.807) is 0 Å². The maximum absolute atomic E-state index is 11.2. The first-order valence-electron chi connectivity index (χ1n) is 5.75. The van der Waals surface area contributed by atoms with Gasteiger partial charge < -0.3 is 14.2 Å². The number of hydrogen-bond acceptors (Lipinski definition) is 4. The zero-order chi connectivity index (χ0) is 15.3. The predicted octanol–water partition coefficient (Wildman–Crippen LogP) is 4.57. The lowest BCUT2D eigenvalue weighted by molar-refractivity contribution is -0.132. The first-order chi connectivity index (χ1) is 9.38. The number of methoxy groups -OCH3 is 2. The minimum Gasteiger partial charge on any atom is -0.493 e. The van der Waals surface area contributed by atoms with Crippen LogP contribution in [0.4, 0.5) is 0 Å². The van der Waals surface area contributed by atoms with Gasteiger partial charge in [0.15, 0.2) is 11.5 Å². The van der Waals surface area contributed by atoms with Gasteiger partial charge in [0.05, 0.1) is 18.0 Å².